The van der Waals surface area contributed by atoms with E-state index in [1.54, 1.807) is 31.2 Å². The smallest absolute Gasteiger partial charge is 0.337 e. The maximum atomic E-state index is 12.4. The number of nitrogens with one attached hydrogen (secondary N) is 1. The Kier molecular flexibility index (Phi) is 5.35. The Morgan fingerprint density at radius 3 is 2.63 bits per heavy atom. The van der Waals surface area contributed by atoms with Gasteiger partial charge < -0.3 is 14.5 Å². The summed E-state index contributed by atoms with van der Waals surface area (Å²) >= 11 is 0. The average molecular weight is 364 g/mol. The minimum absolute atomic E-state index is 0.0731. The highest BCUT2D eigenvalue weighted by Gasteiger charge is 2.16. The van der Waals surface area contributed by atoms with Gasteiger partial charge in [0.1, 0.15) is 5.76 Å². The molecule has 27 heavy (non-hydrogen) atoms. The fourth-order valence-corrected chi connectivity index (χ4v) is 2.72. The van der Waals surface area contributed by atoms with E-state index in [0.717, 1.165) is 11.1 Å². The molecule has 0 aliphatic carbocycles. The van der Waals surface area contributed by atoms with Crippen molar-refractivity contribution in [3.63, 3.8) is 0 Å². The van der Waals surface area contributed by atoms with Gasteiger partial charge in [0.15, 0.2) is 0 Å². The van der Waals surface area contributed by atoms with E-state index in [-0.39, 0.29) is 12.3 Å². The first kappa shape index (κ1) is 18.4. The Morgan fingerprint density at radius 1 is 1.11 bits per heavy atom. The van der Waals surface area contributed by atoms with Gasteiger partial charge in [-0.15, -0.1) is 0 Å². The third-order valence-corrected chi connectivity index (χ3v) is 4.16. The first-order valence-electron chi connectivity index (χ1n) is 8.48. The molecule has 1 heterocycles. The van der Waals surface area contributed by atoms with Gasteiger partial charge >= 0.3 is 5.97 Å². The molecule has 0 saturated heterocycles. The zero-order valence-corrected chi connectivity index (χ0v) is 15.4. The van der Waals surface area contributed by atoms with Crippen LogP contribution < -0.4 is 5.32 Å². The molecule has 0 fully saturated rings. The monoisotopic (exact) mass is 364 g/mol. The zero-order chi connectivity index (χ0) is 19.4. The minimum atomic E-state index is -0.457. The molecule has 1 amide bonds. The van der Waals surface area contributed by atoms with Gasteiger partial charge in [-0.25, -0.2) is 9.78 Å². The van der Waals surface area contributed by atoms with Crippen LogP contribution in [0.4, 0.5) is 5.69 Å². The molecule has 0 bridgehead atoms. The van der Waals surface area contributed by atoms with Crippen LogP contribution in [0.2, 0.25) is 0 Å². The van der Waals surface area contributed by atoms with E-state index in [9.17, 15) is 9.59 Å². The topological polar surface area (TPSA) is 81.4 Å². The number of amides is 1. The summed E-state index contributed by atoms with van der Waals surface area (Å²) in [5.41, 5.74) is 3.42. The molecule has 0 aliphatic rings. The molecule has 0 spiro atoms. The summed E-state index contributed by atoms with van der Waals surface area (Å²) in [6.07, 6.45) is 0.0731. The number of aromatic nitrogens is 1. The maximum absolute atomic E-state index is 12.4. The highest BCUT2D eigenvalue weighted by Crippen LogP contribution is 2.25. The number of carbonyl (C=O) groups excluding carboxylic acids is 2. The van der Waals surface area contributed by atoms with Crippen molar-refractivity contribution in [2.75, 3.05) is 12.4 Å². The summed E-state index contributed by atoms with van der Waals surface area (Å²) in [5.74, 6) is 0.402. The number of carbonyl (C=O) groups is 2. The molecule has 2 aromatic carbocycles. The van der Waals surface area contributed by atoms with Gasteiger partial charge in [0.25, 0.3) is 0 Å². The molecular weight excluding hydrogens is 344 g/mol. The molecule has 1 N–H and O–H groups in total. The molecule has 1 aromatic heterocycles. The fraction of sp³-hybridized carbons (Fsp3) is 0.190. The normalized spacial score (nSPS) is 10.5. The minimum Gasteiger partial charge on any atom is -0.465 e. The quantitative estimate of drug-likeness (QED) is 0.694. The highest BCUT2D eigenvalue weighted by molar-refractivity contribution is 5.95. The molecule has 6 heteroatoms. The fourth-order valence-electron chi connectivity index (χ4n) is 2.72. The molecular formula is C21H20N2O4. The van der Waals surface area contributed by atoms with Gasteiger partial charge in [-0.3, -0.25) is 4.79 Å². The lowest BCUT2D eigenvalue weighted by Crippen LogP contribution is -2.15. The first-order chi connectivity index (χ1) is 13.0. The number of oxazole rings is 1. The Morgan fingerprint density at radius 2 is 1.89 bits per heavy atom. The summed E-state index contributed by atoms with van der Waals surface area (Å²) in [5, 5.41) is 2.77. The first-order valence-corrected chi connectivity index (χ1v) is 8.48. The number of methoxy groups -OCH3 is 1. The van der Waals surface area contributed by atoms with Crippen molar-refractivity contribution in [1.82, 2.24) is 4.98 Å². The van der Waals surface area contributed by atoms with Crippen LogP contribution in [-0.2, 0) is 16.0 Å². The predicted octanol–water partition coefficient (Wildman–Crippen LogP) is 3.93. The van der Waals surface area contributed by atoms with Gasteiger partial charge in [0, 0.05) is 11.3 Å². The third-order valence-electron chi connectivity index (χ3n) is 4.16. The predicted molar refractivity (Wildman–Crippen MR) is 102 cm³/mol. The van der Waals surface area contributed by atoms with Crippen LogP contribution in [0.1, 0.15) is 27.4 Å². The van der Waals surface area contributed by atoms with E-state index in [2.05, 4.69) is 15.0 Å². The van der Waals surface area contributed by atoms with Crippen LogP contribution in [0.15, 0.2) is 52.9 Å². The standard InChI is InChI=1S/C21H20N2O4/c1-13-7-4-5-10-17(13)20-23-18(14(2)27-20)12-19(24)22-16-9-6-8-15(11-16)21(25)26-3/h4-11H,12H2,1-3H3,(H,22,24). The average Bonchev–Trinajstić information content (AvgIpc) is 3.01. The molecule has 0 aliphatic heterocycles. The number of rotatable bonds is 5. The molecule has 0 atom stereocenters. The van der Waals surface area contributed by atoms with Crippen molar-refractivity contribution in [3.8, 4) is 11.5 Å². The molecule has 0 unspecified atom stereocenters. The SMILES string of the molecule is COC(=O)c1cccc(NC(=O)Cc2nc(-c3ccccc3C)oc2C)c1. The van der Waals surface area contributed by atoms with E-state index in [0.29, 0.717) is 28.6 Å². The van der Waals surface area contributed by atoms with E-state index in [1.807, 2.05) is 31.2 Å². The Balaban J connectivity index is 1.74. The Hall–Kier alpha value is -3.41. The number of ether oxygens (including phenoxy) is 1. The second-order valence-electron chi connectivity index (χ2n) is 6.13. The second kappa shape index (κ2) is 7.86. The summed E-state index contributed by atoms with van der Waals surface area (Å²) in [7, 11) is 1.31. The van der Waals surface area contributed by atoms with Crippen LogP contribution in [0, 0.1) is 13.8 Å². The third kappa shape index (κ3) is 4.23. The highest BCUT2D eigenvalue weighted by atomic mass is 16.5. The lowest BCUT2D eigenvalue weighted by Gasteiger charge is -2.06. The van der Waals surface area contributed by atoms with Gasteiger partial charge in [0.2, 0.25) is 11.8 Å². The number of aryl methyl sites for hydroxylation is 2. The van der Waals surface area contributed by atoms with Crippen molar-refractivity contribution in [2.24, 2.45) is 0 Å². The Labute approximate surface area is 157 Å². The van der Waals surface area contributed by atoms with Crippen LogP contribution in [0.5, 0.6) is 0 Å². The van der Waals surface area contributed by atoms with Crippen molar-refractivity contribution in [1.29, 1.82) is 0 Å². The van der Waals surface area contributed by atoms with Crippen LogP contribution >= 0.6 is 0 Å². The molecule has 6 nitrogen and oxygen atoms in total. The summed E-state index contributed by atoms with van der Waals surface area (Å²) in [4.78, 5) is 28.5. The van der Waals surface area contributed by atoms with E-state index < -0.39 is 5.97 Å². The molecule has 3 rings (SSSR count). The molecule has 138 valence electrons. The number of nitrogens with zero attached hydrogens (tertiary/aromatic N) is 1. The van der Waals surface area contributed by atoms with Gasteiger partial charge in [-0.05, 0) is 43.7 Å². The molecule has 0 radical (unpaired) electrons. The van der Waals surface area contributed by atoms with Gasteiger partial charge in [-0.2, -0.15) is 0 Å². The van der Waals surface area contributed by atoms with Crippen LogP contribution in [0.25, 0.3) is 11.5 Å². The number of anilines is 1. The van der Waals surface area contributed by atoms with E-state index in [1.165, 1.54) is 7.11 Å². The Bertz CT molecular complexity index is 991. The summed E-state index contributed by atoms with van der Waals surface area (Å²) in [6, 6.07) is 14.4. The van der Waals surface area contributed by atoms with E-state index >= 15 is 0 Å². The van der Waals surface area contributed by atoms with Crippen LogP contribution in [0.3, 0.4) is 0 Å². The van der Waals surface area contributed by atoms with Crippen molar-refractivity contribution >= 4 is 17.6 Å². The zero-order valence-electron chi connectivity index (χ0n) is 15.4. The molecule has 3 aromatic rings. The van der Waals surface area contributed by atoms with Crippen LogP contribution in [-0.4, -0.2) is 24.0 Å². The molecule has 0 saturated carbocycles. The van der Waals surface area contributed by atoms with Crippen molar-refractivity contribution < 1.29 is 18.7 Å². The number of hydrogen-bond donors (Lipinski definition) is 1. The number of benzene rings is 2. The summed E-state index contributed by atoms with van der Waals surface area (Å²) < 4.78 is 10.4. The largest absolute Gasteiger partial charge is 0.465 e. The van der Waals surface area contributed by atoms with Gasteiger partial charge in [-0.1, -0.05) is 24.3 Å². The lowest BCUT2D eigenvalue weighted by molar-refractivity contribution is -0.115. The maximum Gasteiger partial charge on any atom is 0.337 e. The summed E-state index contributed by atoms with van der Waals surface area (Å²) in [6.45, 7) is 3.77. The van der Waals surface area contributed by atoms with E-state index in [4.69, 9.17) is 4.42 Å². The van der Waals surface area contributed by atoms with Crippen molar-refractivity contribution in [2.45, 2.75) is 20.3 Å². The van der Waals surface area contributed by atoms with Crippen molar-refractivity contribution in [3.05, 3.63) is 71.1 Å². The lowest BCUT2D eigenvalue weighted by atomic mass is 10.1. The number of esters is 1. The second-order valence-corrected chi connectivity index (χ2v) is 6.13. The van der Waals surface area contributed by atoms with Gasteiger partial charge in [0.05, 0.1) is 24.8 Å². The number of hydrogen-bond acceptors (Lipinski definition) is 5.